The van der Waals surface area contributed by atoms with Crippen LogP contribution in [0.15, 0.2) is 37.7 Å². The molecule has 0 radical (unpaired) electrons. The Morgan fingerprint density at radius 2 is 1.95 bits per heavy atom. The van der Waals surface area contributed by atoms with Crippen LogP contribution in [0.2, 0.25) is 0 Å². The van der Waals surface area contributed by atoms with Crippen molar-refractivity contribution in [2.75, 3.05) is 18.5 Å². The summed E-state index contributed by atoms with van der Waals surface area (Å²) in [7, 11) is 2.06. The Labute approximate surface area is 116 Å². The summed E-state index contributed by atoms with van der Waals surface area (Å²) in [5.41, 5.74) is 5.82. The van der Waals surface area contributed by atoms with Crippen LogP contribution in [0.25, 0.3) is 11.8 Å². The van der Waals surface area contributed by atoms with E-state index in [1.54, 1.807) is 0 Å². The number of anilines is 1. The lowest BCUT2D eigenvalue weighted by atomic mass is 9.95. The second kappa shape index (κ2) is 4.96. The summed E-state index contributed by atoms with van der Waals surface area (Å²) in [6.45, 7) is 17.6. The van der Waals surface area contributed by atoms with Gasteiger partial charge in [-0.25, -0.2) is 0 Å². The summed E-state index contributed by atoms with van der Waals surface area (Å²) in [4.78, 5) is 4.34. The van der Waals surface area contributed by atoms with Gasteiger partial charge in [0, 0.05) is 24.9 Å². The molecule has 2 nitrogen and oxygen atoms in total. The maximum absolute atomic E-state index is 4.28. The standard InChI is InChI=1S/C17H22N2/c1-7-11-19-13(4)17-12(3)15(8-2)9-10-16(17)18(6)14(19)5/h8-10H,2,4-5,7,11H2,1,3,6H3. The van der Waals surface area contributed by atoms with E-state index in [0.717, 1.165) is 30.0 Å². The molecule has 0 aliphatic carbocycles. The zero-order valence-electron chi connectivity index (χ0n) is 12.2. The van der Waals surface area contributed by atoms with Crippen LogP contribution in [-0.2, 0) is 0 Å². The topological polar surface area (TPSA) is 6.48 Å². The number of benzene rings is 1. The zero-order chi connectivity index (χ0) is 14.2. The van der Waals surface area contributed by atoms with Crippen molar-refractivity contribution in [3.8, 4) is 0 Å². The van der Waals surface area contributed by atoms with E-state index in [1.165, 1.54) is 16.8 Å². The molecule has 0 bridgehead atoms. The molecule has 0 atom stereocenters. The number of hydrogen-bond acceptors (Lipinski definition) is 2. The first-order valence-electron chi connectivity index (χ1n) is 6.68. The lowest BCUT2D eigenvalue weighted by molar-refractivity contribution is 0.466. The molecule has 0 saturated carbocycles. The first-order valence-corrected chi connectivity index (χ1v) is 6.68. The lowest BCUT2D eigenvalue weighted by Gasteiger charge is -2.41. The number of hydrogen-bond donors (Lipinski definition) is 0. The molecule has 0 N–H and O–H groups in total. The molecule has 0 fully saturated rings. The van der Waals surface area contributed by atoms with Crippen molar-refractivity contribution in [2.24, 2.45) is 0 Å². The molecule has 19 heavy (non-hydrogen) atoms. The number of nitrogens with zero attached hydrogens (tertiary/aromatic N) is 2. The summed E-state index contributed by atoms with van der Waals surface area (Å²) in [6.07, 6.45) is 2.97. The van der Waals surface area contributed by atoms with E-state index in [-0.39, 0.29) is 0 Å². The van der Waals surface area contributed by atoms with Gasteiger partial charge in [0.2, 0.25) is 0 Å². The molecule has 1 heterocycles. The molecule has 0 spiro atoms. The normalized spacial score (nSPS) is 14.7. The van der Waals surface area contributed by atoms with Gasteiger partial charge >= 0.3 is 0 Å². The minimum Gasteiger partial charge on any atom is -0.331 e. The van der Waals surface area contributed by atoms with Gasteiger partial charge in [0.1, 0.15) is 5.82 Å². The van der Waals surface area contributed by atoms with Gasteiger partial charge in [0.05, 0.1) is 5.69 Å². The van der Waals surface area contributed by atoms with E-state index >= 15 is 0 Å². The minimum absolute atomic E-state index is 0.944. The Balaban J connectivity index is 2.63. The van der Waals surface area contributed by atoms with Crippen LogP contribution >= 0.6 is 0 Å². The van der Waals surface area contributed by atoms with Gasteiger partial charge < -0.3 is 9.80 Å². The molecule has 2 heteroatoms. The van der Waals surface area contributed by atoms with Crippen LogP contribution in [-0.4, -0.2) is 18.5 Å². The van der Waals surface area contributed by atoms with E-state index < -0.39 is 0 Å². The smallest absolute Gasteiger partial charge is 0.105 e. The first-order chi connectivity index (χ1) is 9.02. The van der Waals surface area contributed by atoms with Crippen molar-refractivity contribution in [2.45, 2.75) is 20.3 Å². The zero-order valence-corrected chi connectivity index (χ0v) is 12.2. The fourth-order valence-electron chi connectivity index (χ4n) is 2.68. The van der Waals surface area contributed by atoms with Crippen molar-refractivity contribution >= 4 is 17.5 Å². The molecular weight excluding hydrogens is 232 g/mol. The first kappa shape index (κ1) is 13.5. The predicted octanol–water partition coefficient (Wildman–Crippen LogP) is 4.24. The quantitative estimate of drug-likeness (QED) is 0.796. The highest BCUT2D eigenvalue weighted by molar-refractivity contribution is 5.84. The Hall–Kier alpha value is -1.96. The summed E-state index contributed by atoms with van der Waals surface area (Å²) < 4.78 is 0. The van der Waals surface area contributed by atoms with E-state index in [0.29, 0.717) is 0 Å². The second-order valence-electron chi connectivity index (χ2n) is 4.95. The van der Waals surface area contributed by atoms with Gasteiger partial charge in [-0.15, -0.1) is 0 Å². The van der Waals surface area contributed by atoms with Crippen LogP contribution in [0.5, 0.6) is 0 Å². The van der Waals surface area contributed by atoms with Crippen molar-refractivity contribution in [3.05, 3.63) is 54.4 Å². The summed E-state index contributed by atoms with van der Waals surface area (Å²) in [5.74, 6) is 0.991. The van der Waals surface area contributed by atoms with Gasteiger partial charge in [0.25, 0.3) is 0 Å². The highest BCUT2D eigenvalue weighted by Gasteiger charge is 2.27. The number of fused-ring (bicyclic) bond motifs is 1. The van der Waals surface area contributed by atoms with Gasteiger partial charge in [-0.05, 0) is 30.5 Å². The van der Waals surface area contributed by atoms with Crippen LogP contribution < -0.4 is 4.90 Å². The molecule has 0 saturated heterocycles. The predicted molar refractivity (Wildman–Crippen MR) is 84.8 cm³/mol. The highest BCUT2D eigenvalue weighted by Crippen LogP contribution is 2.40. The van der Waals surface area contributed by atoms with Crippen LogP contribution in [0.3, 0.4) is 0 Å². The monoisotopic (exact) mass is 254 g/mol. The molecule has 0 aromatic heterocycles. The van der Waals surface area contributed by atoms with E-state index in [2.05, 4.69) is 62.6 Å². The van der Waals surface area contributed by atoms with Crippen LogP contribution in [0.4, 0.5) is 5.69 Å². The van der Waals surface area contributed by atoms with Crippen molar-refractivity contribution in [1.82, 2.24) is 4.90 Å². The Bertz CT molecular complexity index is 555. The molecule has 1 aliphatic rings. The third kappa shape index (κ3) is 1.97. The maximum Gasteiger partial charge on any atom is 0.105 e. The van der Waals surface area contributed by atoms with Gasteiger partial charge in [-0.2, -0.15) is 0 Å². The van der Waals surface area contributed by atoms with Crippen molar-refractivity contribution in [3.63, 3.8) is 0 Å². The van der Waals surface area contributed by atoms with Crippen molar-refractivity contribution < 1.29 is 0 Å². The van der Waals surface area contributed by atoms with E-state index in [1.807, 2.05) is 6.08 Å². The van der Waals surface area contributed by atoms with Gasteiger partial charge in [0.15, 0.2) is 0 Å². The van der Waals surface area contributed by atoms with Crippen LogP contribution in [0.1, 0.15) is 30.0 Å². The molecule has 1 aromatic carbocycles. The Morgan fingerprint density at radius 1 is 1.26 bits per heavy atom. The third-order valence-electron chi connectivity index (χ3n) is 3.83. The molecular formula is C17H22N2. The Kier molecular flexibility index (Phi) is 3.52. The van der Waals surface area contributed by atoms with E-state index in [9.17, 15) is 0 Å². The highest BCUT2D eigenvalue weighted by atomic mass is 15.3. The lowest BCUT2D eigenvalue weighted by Crippen LogP contribution is -2.37. The average molecular weight is 254 g/mol. The SMILES string of the molecule is C=Cc1ccc2c(c1C)C(=C)N(CCC)C(=C)N2C. The second-order valence-corrected chi connectivity index (χ2v) is 4.95. The largest absolute Gasteiger partial charge is 0.331 e. The number of rotatable bonds is 3. The summed E-state index contributed by atoms with van der Waals surface area (Å²) in [5, 5.41) is 0. The molecule has 100 valence electrons. The Morgan fingerprint density at radius 3 is 2.53 bits per heavy atom. The maximum atomic E-state index is 4.28. The molecule has 1 aliphatic heterocycles. The molecule has 0 unspecified atom stereocenters. The fourth-order valence-corrected chi connectivity index (χ4v) is 2.68. The van der Waals surface area contributed by atoms with Gasteiger partial charge in [-0.3, -0.25) is 0 Å². The molecule has 2 rings (SSSR count). The fraction of sp³-hybridized carbons (Fsp3) is 0.294. The minimum atomic E-state index is 0.944. The van der Waals surface area contributed by atoms with E-state index in [4.69, 9.17) is 0 Å². The average Bonchev–Trinajstić information content (AvgIpc) is 2.40. The molecule has 1 aromatic rings. The van der Waals surface area contributed by atoms with Crippen LogP contribution in [0, 0.1) is 6.92 Å². The third-order valence-corrected chi connectivity index (χ3v) is 3.83. The summed E-state index contributed by atoms with van der Waals surface area (Å²) >= 11 is 0. The summed E-state index contributed by atoms with van der Waals surface area (Å²) in [6, 6.07) is 4.23. The molecule has 0 amide bonds. The van der Waals surface area contributed by atoms with Crippen molar-refractivity contribution in [1.29, 1.82) is 0 Å². The van der Waals surface area contributed by atoms with Gasteiger partial charge in [-0.1, -0.05) is 38.8 Å².